The van der Waals surface area contributed by atoms with Crippen LogP contribution in [0.4, 0.5) is 0 Å². The summed E-state index contributed by atoms with van der Waals surface area (Å²) in [6.07, 6.45) is 0. The molecule has 19 heavy (non-hydrogen) atoms. The van der Waals surface area contributed by atoms with Gasteiger partial charge in [0, 0.05) is 4.70 Å². The predicted octanol–water partition coefficient (Wildman–Crippen LogP) is 5.26. The van der Waals surface area contributed by atoms with Gasteiger partial charge in [-0.3, -0.25) is 0 Å². The molecule has 1 nitrogen and oxygen atoms in total. The maximum atomic E-state index is 6.36. The zero-order chi connectivity index (χ0) is 13.4. The largest absolute Gasteiger partial charge is 0.320 e. The van der Waals surface area contributed by atoms with Crippen molar-refractivity contribution in [3.8, 4) is 0 Å². The van der Waals surface area contributed by atoms with Crippen molar-refractivity contribution in [2.45, 2.75) is 6.04 Å². The highest BCUT2D eigenvalue weighted by molar-refractivity contribution is 7.17. The molecule has 0 amide bonds. The number of thiophene rings is 1. The van der Waals surface area contributed by atoms with E-state index in [0.717, 1.165) is 11.1 Å². The minimum Gasteiger partial charge on any atom is -0.320 e. The molecule has 0 spiro atoms. The Bertz CT molecular complexity index is 736. The molecule has 3 rings (SSSR count). The molecule has 1 atom stereocenters. The normalized spacial score (nSPS) is 12.8. The fourth-order valence-corrected chi connectivity index (χ4v) is 3.59. The molecule has 2 aromatic carbocycles. The Kier molecular flexibility index (Phi) is 3.50. The Labute approximate surface area is 125 Å². The zero-order valence-electron chi connectivity index (χ0n) is 9.94. The van der Waals surface area contributed by atoms with Gasteiger partial charge in [-0.25, -0.2) is 0 Å². The van der Waals surface area contributed by atoms with E-state index in [2.05, 4.69) is 17.5 Å². The molecule has 96 valence electrons. The zero-order valence-corrected chi connectivity index (χ0v) is 12.3. The first-order valence-electron chi connectivity index (χ1n) is 5.84. The molecule has 1 aromatic heterocycles. The van der Waals surface area contributed by atoms with Gasteiger partial charge in [-0.05, 0) is 34.0 Å². The monoisotopic (exact) mass is 307 g/mol. The second-order valence-corrected chi connectivity index (χ2v) is 6.00. The van der Waals surface area contributed by atoms with E-state index >= 15 is 0 Å². The lowest BCUT2D eigenvalue weighted by molar-refractivity contribution is 0.885. The van der Waals surface area contributed by atoms with Crippen LogP contribution in [0.2, 0.25) is 10.0 Å². The van der Waals surface area contributed by atoms with Crippen molar-refractivity contribution in [1.29, 1.82) is 0 Å². The van der Waals surface area contributed by atoms with Gasteiger partial charge in [0.2, 0.25) is 0 Å². The number of halogens is 2. The summed E-state index contributed by atoms with van der Waals surface area (Å²) in [5, 5.41) is 4.34. The van der Waals surface area contributed by atoms with Crippen LogP contribution in [0, 0.1) is 0 Å². The van der Waals surface area contributed by atoms with E-state index in [9.17, 15) is 0 Å². The van der Waals surface area contributed by atoms with E-state index in [-0.39, 0.29) is 6.04 Å². The van der Waals surface area contributed by atoms with Gasteiger partial charge in [0.25, 0.3) is 0 Å². The average molecular weight is 308 g/mol. The third kappa shape index (κ3) is 2.26. The molecular weight excluding hydrogens is 297 g/mol. The van der Waals surface area contributed by atoms with Gasteiger partial charge in [0.15, 0.2) is 0 Å². The molecule has 0 aliphatic heterocycles. The number of fused-ring (bicyclic) bond motifs is 1. The van der Waals surface area contributed by atoms with Gasteiger partial charge in [-0.2, -0.15) is 0 Å². The average Bonchev–Trinajstić information content (AvgIpc) is 2.85. The lowest BCUT2D eigenvalue weighted by Crippen LogP contribution is -2.11. The smallest absolute Gasteiger partial charge is 0.0643 e. The molecule has 4 heteroatoms. The maximum Gasteiger partial charge on any atom is 0.0643 e. The molecule has 0 bridgehead atoms. The summed E-state index contributed by atoms with van der Waals surface area (Å²) in [4.78, 5) is 0. The van der Waals surface area contributed by atoms with E-state index < -0.39 is 0 Å². The fourth-order valence-electron chi connectivity index (χ4n) is 2.17. The summed E-state index contributed by atoms with van der Waals surface area (Å²) >= 11 is 14.0. The fraction of sp³-hybridized carbons (Fsp3) is 0.0667. The molecule has 1 unspecified atom stereocenters. The number of nitrogens with two attached hydrogens (primary N) is 1. The summed E-state index contributed by atoms with van der Waals surface area (Å²) in [7, 11) is 0. The first-order chi connectivity index (χ1) is 9.18. The topological polar surface area (TPSA) is 26.0 Å². The first kappa shape index (κ1) is 12.9. The molecule has 0 aliphatic carbocycles. The first-order valence-corrected chi connectivity index (χ1v) is 7.47. The summed E-state index contributed by atoms with van der Waals surface area (Å²) in [5.74, 6) is 0. The number of rotatable bonds is 2. The Morgan fingerprint density at radius 1 is 0.947 bits per heavy atom. The second kappa shape index (κ2) is 5.14. The second-order valence-electron chi connectivity index (χ2n) is 4.31. The SMILES string of the molecule is NC(c1cccc(Cl)c1Cl)c1csc2ccccc12. The van der Waals surface area contributed by atoms with Gasteiger partial charge in [0.05, 0.1) is 16.1 Å². The summed E-state index contributed by atoms with van der Waals surface area (Å²) in [6, 6.07) is 13.5. The van der Waals surface area contributed by atoms with Crippen molar-refractivity contribution in [2.75, 3.05) is 0 Å². The highest BCUT2D eigenvalue weighted by Gasteiger charge is 2.17. The Balaban J connectivity index is 2.13. The van der Waals surface area contributed by atoms with Crippen LogP contribution in [0.25, 0.3) is 10.1 Å². The molecule has 0 saturated heterocycles. The van der Waals surface area contributed by atoms with Crippen molar-refractivity contribution in [3.05, 3.63) is 69.0 Å². The van der Waals surface area contributed by atoms with Crippen molar-refractivity contribution in [2.24, 2.45) is 5.73 Å². The maximum absolute atomic E-state index is 6.36. The van der Waals surface area contributed by atoms with Crippen LogP contribution in [0.3, 0.4) is 0 Å². The molecule has 0 radical (unpaired) electrons. The Hall–Kier alpha value is -1.06. The van der Waals surface area contributed by atoms with E-state index in [1.807, 2.05) is 24.3 Å². The lowest BCUT2D eigenvalue weighted by Gasteiger charge is -2.14. The van der Waals surface area contributed by atoms with Gasteiger partial charge in [0.1, 0.15) is 0 Å². The van der Waals surface area contributed by atoms with Crippen molar-refractivity contribution < 1.29 is 0 Å². The lowest BCUT2D eigenvalue weighted by atomic mass is 9.99. The standard InChI is InChI=1S/C15H11Cl2NS/c16-12-6-3-5-10(14(12)17)15(18)11-8-19-13-7-2-1-4-9(11)13/h1-8,15H,18H2. The van der Waals surface area contributed by atoms with Crippen LogP contribution in [-0.4, -0.2) is 0 Å². The van der Waals surface area contributed by atoms with E-state index in [4.69, 9.17) is 28.9 Å². The van der Waals surface area contributed by atoms with Gasteiger partial charge in [-0.15, -0.1) is 11.3 Å². The van der Waals surface area contributed by atoms with Gasteiger partial charge < -0.3 is 5.73 Å². The molecular formula is C15H11Cl2NS. The number of benzene rings is 2. The molecule has 0 saturated carbocycles. The van der Waals surface area contributed by atoms with Crippen LogP contribution in [0.15, 0.2) is 47.8 Å². The van der Waals surface area contributed by atoms with Gasteiger partial charge >= 0.3 is 0 Å². The molecule has 3 aromatic rings. The number of hydrogen-bond acceptors (Lipinski definition) is 2. The Morgan fingerprint density at radius 2 is 1.74 bits per heavy atom. The van der Waals surface area contributed by atoms with Crippen LogP contribution < -0.4 is 5.73 Å². The quantitative estimate of drug-likeness (QED) is 0.687. The molecule has 1 heterocycles. The summed E-state index contributed by atoms with van der Waals surface area (Å²) in [6.45, 7) is 0. The highest BCUT2D eigenvalue weighted by atomic mass is 35.5. The van der Waals surface area contributed by atoms with Crippen molar-refractivity contribution in [3.63, 3.8) is 0 Å². The Morgan fingerprint density at radius 3 is 2.58 bits per heavy atom. The summed E-state index contributed by atoms with van der Waals surface area (Å²) in [5.41, 5.74) is 8.31. The van der Waals surface area contributed by atoms with E-state index in [0.29, 0.717) is 10.0 Å². The third-order valence-corrected chi connectivity index (χ3v) is 4.98. The van der Waals surface area contributed by atoms with Crippen LogP contribution >= 0.6 is 34.5 Å². The highest BCUT2D eigenvalue weighted by Crippen LogP contribution is 2.36. The van der Waals surface area contributed by atoms with Gasteiger partial charge in [-0.1, -0.05) is 53.5 Å². The molecule has 0 fully saturated rings. The van der Waals surface area contributed by atoms with Crippen molar-refractivity contribution in [1.82, 2.24) is 0 Å². The van der Waals surface area contributed by atoms with E-state index in [1.54, 1.807) is 17.4 Å². The van der Waals surface area contributed by atoms with Crippen molar-refractivity contribution >= 4 is 44.6 Å². The molecule has 2 N–H and O–H groups in total. The minimum absolute atomic E-state index is 0.262. The van der Waals surface area contributed by atoms with E-state index in [1.165, 1.54) is 10.1 Å². The third-order valence-electron chi connectivity index (χ3n) is 3.16. The minimum atomic E-state index is -0.262. The predicted molar refractivity (Wildman–Crippen MR) is 84.3 cm³/mol. The molecule has 0 aliphatic rings. The van der Waals surface area contributed by atoms with Crippen LogP contribution in [-0.2, 0) is 0 Å². The summed E-state index contributed by atoms with van der Waals surface area (Å²) < 4.78 is 1.23. The van der Waals surface area contributed by atoms with Crippen LogP contribution in [0.1, 0.15) is 17.2 Å². The van der Waals surface area contributed by atoms with Crippen LogP contribution in [0.5, 0.6) is 0 Å². The number of hydrogen-bond donors (Lipinski definition) is 1.